The molecule has 0 atom stereocenters. The Balaban J connectivity index is 2.64. The molecule has 6 heteroatoms. The molecule has 4 nitrogen and oxygen atoms in total. The highest BCUT2D eigenvalue weighted by molar-refractivity contribution is 7.92. The lowest BCUT2D eigenvalue weighted by atomic mass is 10.1. The van der Waals surface area contributed by atoms with Gasteiger partial charge in [0.2, 0.25) is 10.0 Å². The molecule has 0 heterocycles. The zero-order valence-electron chi connectivity index (χ0n) is 11.2. The van der Waals surface area contributed by atoms with Crippen LogP contribution in [-0.2, 0) is 16.4 Å². The summed E-state index contributed by atoms with van der Waals surface area (Å²) in [5, 5.41) is 0. The number of benzene rings is 1. The van der Waals surface area contributed by atoms with Crippen molar-refractivity contribution < 1.29 is 8.42 Å². The maximum atomic E-state index is 11.8. The van der Waals surface area contributed by atoms with Gasteiger partial charge in [-0.2, -0.15) is 0 Å². The molecule has 0 unspecified atom stereocenters. The van der Waals surface area contributed by atoms with E-state index < -0.39 is 10.0 Å². The highest BCUT2D eigenvalue weighted by atomic mass is 32.2. The molecule has 1 rings (SSSR count). The van der Waals surface area contributed by atoms with E-state index in [9.17, 15) is 8.42 Å². The van der Waals surface area contributed by atoms with Crippen LogP contribution in [0.15, 0.2) is 24.3 Å². The molecule has 0 aliphatic carbocycles. The number of nitrogens with one attached hydrogen (secondary N) is 1. The highest BCUT2D eigenvalue weighted by Gasteiger charge is 2.11. The van der Waals surface area contributed by atoms with Gasteiger partial charge >= 0.3 is 0 Å². The Bertz CT molecular complexity index is 522. The average Bonchev–Trinajstić information content (AvgIpc) is 2.28. The van der Waals surface area contributed by atoms with Crippen LogP contribution in [0.4, 0.5) is 5.69 Å². The van der Waals surface area contributed by atoms with Gasteiger partial charge in [-0.15, -0.1) is 0 Å². The minimum Gasteiger partial charge on any atom is -0.393 e. The number of thiocarbonyl (C=S) groups is 1. The molecule has 1 aromatic carbocycles. The summed E-state index contributed by atoms with van der Waals surface area (Å²) in [6.07, 6.45) is 1.17. The van der Waals surface area contributed by atoms with E-state index in [0.29, 0.717) is 29.4 Å². The number of hydrogen-bond donors (Lipinski definition) is 2. The maximum Gasteiger partial charge on any atom is 0.232 e. The van der Waals surface area contributed by atoms with Crippen molar-refractivity contribution in [3.63, 3.8) is 0 Å². The van der Waals surface area contributed by atoms with Gasteiger partial charge in [0.1, 0.15) is 0 Å². The molecule has 0 amide bonds. The van der Waals surface area contributed by atoms with Crippen molar-refractivity contribution >= 4 is 32.9 Å². The fourth-order valence-electron chi connectivity index (χ4n) is 1.51. The van der Waals surface area contributed by atoms with Crippen LogP contribution in [0.25, 0.3) is 0 Å². The fraction of sp³-hybridized carbons (Fsp3) is 0.462. The first-order valence-corrected chi connectivity index (χ1v) is 8.22. The first kappa shape index (κ1) is 15.9. The van der Waals surface area contributed by atoms with Crippen LogP contribution in [0.1, 0.15) is 25.8 Å². The molecule has 0 saturated heterocycles. The van der Waals surface area contributed by atoms with Gasteiger partial charge < -0.3 is 5.73 Å². The minimum absolute atomic E-state index is 0.138. The van der Waals surface area contributed by atoms with Crippen LogP contribution in [0.5, 0.6) is 0 Å². The summed E-state index contributed by atoms with van der Waals surface area (Å²) in [7, 11) is -3.27. The standard InChI is InChI=1S/C13H20N2O2S2/c1-10(2)7-8-19(16,17)15-12-5-3-11(4-6-12)9-13(14)18/h3-6,10,15H,7-9H2,1-2H3,(H2,14,18). The first-order chi connectivity index (χ1) is 8.78. The predicted octanol–water partition coefficient (Wildman–Crippen LogP) is 2.30. The second-order valence-corrected chi connectivity index (χ2v) is 7.31. The largest absolute Gasteiger partial charge is 0.393 e. The number of rotatable bonds is 7. The summed E-state index contributed by atoms with van der Waals surface area (Å²) >= 11 is 4.82. The third-order valence-electron chi connectivity index (χ3n) is 2.57. The maximum absolute atomic E-state index is 11.8. The molecule has 0 aliphatic heterocycles. The Kier molecular flexibility index (Phi) is 5.75. The number of nitrogens with two attached hydrogens (primary N) is 1. The van der Waals surface area contributed by atoms with Gasteiger partial charge in [0, 0.05) is 12.1 Å². The lowest BCUT2D eigenvalue weighted by Gasteiger charge is -2.10. The van der Waals surface area contributed by atoms with Crippen LogP contribution < -0.4 is 10.5 Å². The third-order valence-corrected chi connectivity index (χ3v) is 4.03. The van der Waals surface area contributed by atoms with E-state index >= 15 is 0 Å². The van der Waals surface area contributed by atoms with Crippen LogP contribution in [-0.4, -0.2) is 19.2 Å². The van der Waals surface area contributed by atoms with Crippen molar-refractivity contribution in [1.29, 1.82) is 0 Å². The minimum atomic E-state index is -3.27. The molecular weight excluding hydrogens is 280 g/mol. The summed E-state index contributed by atoms with van der Waals surface area (Å²) in [6, 6.07) is 7.08. The lowest BCUT2D eigenvalue weighted by Crippen LogP contribution is -2.18. The zero-order valence-corrected chi connectivity index (χ0v) is 12.9. The smallest absolute Gasteiger partial charge is 0.232 e. The second-order valence-electron chi connectivity index (χ2n) is 4.94. The molecule has 0 spiro atoms. The fourth-order valence-corrected chi connectivity index (χ4v) is 3.06. The van der Waals surface area contributed by atoms with Gasteiger partial charge in [0.05, 0.1) is 10.7 Å². The van der Waals surface area contributed by atoms with Crippen molar-refractivity contribution in [2.45, 2.75) is 26.7 Å². The van der Waals surface area contributed by atoms with E-state index in [2.05, 4.69) is 4.72 Å². The van der Waals surface area contributed by atoms with Gasteiger partial charge in [-0.25, -0.2) is 8.42 Å². The molecule has 0 aliphatic rings. The van der Waals surface area contributed by atoms with Crippen LogP contribution in [0.2, 0.25) is 0 Å². The van der Waals surface area contributed by atoms with Crippen LogP contribution >= 0.6 is 12.2 Å². The summed E-state index contributed by atoms with van der Waals surface area (Å²) in [6.45, 7) is 4.00. The van der Waals surface area contributed by atoms with E-state index in [1.165, 1.54) is 0 Å². The molecule has 0 saturated carbocycles. The highest BCUT2D eigenvalue weighted by Crippen LogP contribution is 2.13. The number of sulfonamides is 1. The first-order valence-electron chi connectivity index (χ1n) is 6.16. The molecule has 3 N–H and O–H groups in total. The topological polar surface area (TPSA) is 72.2 Å². The van der Waals surface area contributed by atoms with Gasteiger partial charge in [-0.3, -0.25) is 4.72 Å². The summed E-state index contributed by atoms with van der Waals surface area (Å²) < 4.78 is 26.2. The lowest BCUT2D eigenvalue weighted by molar-refractivity contribution is 0.578. The Morgan fingerprint density at radius 2 is 1.89 bits per heavy atom. The summed E-state index contributed by atoms with van der Waals surface area (Å²) in [4.78, 5) is 0.422. The van der Waals surface area contributed by atoms with E-state index in [0.717, 1.165) is 5.56 Å². The monoisotopic (exact) mass is 300 g/mol. The quantitative estimate of drug-likeness (QED) is 0.758. The average molecular weight is 300 g/mol. The van der Waals surface area contributed by atoms with E-state index in [4.69, 9.17) is 18.0 Å². The molecule has 0 bridgehead atoms. The Morgan fingerprint density at radius 1 is 1.32 bits per heavy atom. The SMILES string of the molecule is CC(C)CCS(=O)(=O)Nc1ccc(CC(N)=S)cc1. The number of anilines is 1. The normalized spacial score (nSPS) is 11.5. The van der Waals surface area contributed by atoms with Crippen molar-refractivity contribution in [2.24, 2.45) is 11.7 Å². The van der Waals surface area contributed by atoms with Crippen LogP contribution in [0, 0.1) is 5.92 Å². The zero-order chi connectivity index (χ0) is 14.5. The van der Waals surface area contributed by atoms with Gasteiger partial charge in [0.25, 0.3) is 0 Å². The summed E-state index contributed by atoms with van der Waals surface area (Å²) in [5.74, 6) is 0.503. The molecule has 0 radical (unpaired) electrons. The Morgan fingerprint density at radius 3 is 2.37 bits per heavy atom. The molecular formula is C13H20N2O2S2. The summed E-state index contributed by atoms with van der Waals surface area (Å²) in [5.41, 5.74) is 6.99. The number of hydrogen-bond acceptors (Lipinski definition) is 3. The third kappa shape index (κ3) is 6.54. The Labute approximate surface area is 120 Å². The van der Waals surface area contributed by atoms with E-state index in [1.54, 1.807) is 12.1 Å². The van der Waals surface area contributed by atoms with Gasteiger partial charge in [-0.05, 0) is 30.0 Å². The van der Waals surface area contributed by atoms with Crippen molar-refractivity contribution in [3.8, 4) is 0 Å². The van der Waals surface area contributed by atoms with Gasteiger partial charge in [0.15, 0.2) is 0 Å². The van der Waals surface area contributed by atoms with Crippen molar-refractivity contribution in [1.82, 2.24) is 0 Å². The van der Waals surface area contributed by atoms with E-state index in [-0.39, 0.29) is 5.75 Å². The molecule has 0 fully saturated rings. The molecule has 106 valence electrons. The van der Waals surface area contributed by atoms with E-state index in [1.807, 2.05) is 26.0 Å². The molecule has 1 aromatic rings. The molecule has 0 aromatic heterocycles. The van der Waals surface area contributed by atoms with Crippen LogP contribution in [0.3, 0.4) is 0 Å². The predicted molar refractivity (Wildman–Crippen MR) is 83.8 cm³/mol. The van der Waals surface area contributed by atoms with Gasteiger partial charge in [-0.1, -0.05) is 38.2 Å². The second kappa shape index (κ2) is 6.86. The Hall–Kier alpha value is -1.14. The van der Waals surface area contributed by atoms with Crippen molar-refractivity contribution in [2.75, 3.05) is 10.5 Å². The molecule has 19 heavy (non-hydrogen) atoms. The van der Waals surface area contributed by atoms with Crippen molar-refractivity contribution in [3.05, 3.63) is 29.8 Å².